The molecule has 2 heterocycles. The van der Waals surface area contributed by atoms with Gasteiger partial charge in [0, 0.05) is 16.8 Å². The number of hydrogen-bond acceptors (Lipinski definition) is 5. The zero-order chi connectivity index (χ0) is 15.3. The first kappa shape index (κ1) is 16.0. The number of thiazole rings is 1. The van der Waals surface area contributed by atoms with E-state index in [1.54, 1.807) is 11.3 Å². The summed E-state index contributed by atoms with van der Waals surface area (Å²) in [6, 6.07) is 0.111. The van der Waals surface area contributed by atoms with Crippen LogP contribution in [0, 0.1) is 5.41 Å². The van der Waals surface area contributed by atoms with Crippen molar-refractivity contribution in [1.82, 2.24) is 15.0 Å². The molecule has 1 aliphatic carbocycles. The Morgan fingerprint density at radius 3 is 2.71 bits per heavy atom. The summed E-state index contributed by atoms with van der Waals surface area (Å²) in [4.78, 5) is 5.68. The van der Waals surface area contributed by atoms with Crippen molar-refractivity contribution in [2.24, 2.45) is 5.41 Å². The van der Waals surface area contributed by atoms with Gasteiger partial charge in [-0.15, -0.1) is 16.1 Å². The largest absolute Gasteiger partial charge is 0.598 e. The van der Waals surface area contributed by atoms with E-state index in [0.29, 0.717) is 4.47 Å². The molecular formula is C14H22ClN3OS2. The molecule has 2 atom stereocenters. The molecule has 0 bridgehead atoms. The van der Waals surface area contributed by atoms with Crippen molar-refractivity contribution in [1.29, 1.82) is 0 Å². The number of nitrogens with one attached hydrogen (secondary N) is 2. The van der Waals surface area contributed by atoms with E-state index in [2.05, 4.69) is 15.0 Å². The van der Waals surface area contributed by atoms with E-state index >= 15 is 0 Å². The first-order valence-corrected chi connectivity index (χ1v) is 9.70. The molecule has 0 unspecified atom stereocenters. The third kappa shape index (κ3) is 2.99. The second-order valence-electron chi connectivity index (χ2n) is 7.00. The maximum Gasteiger partial charge on any atom is 0.184 e. The molecule has 118 valence electrons. The molecule has 1 saturated heterocycles. The fraction of sp³-hybridized carbons (Fsp3) is 0.786. The minimum absolute atomic E-state index is 0.111. The van der Waals surface area contributed by atoms with Gasteiger partial charge in [0.2, 0.25) is 0 Å². The number of halogens is 1. The molecule has 0 aromatic carbocycles. The Bertz CT molecular complexity index is 523. The maximum absolute atomic E-state index is 12.6. The molecule has 1 aliphatic heterocycles. The summed E-state index contributed by atoms with van der Waals surface area (Å²) < 4.78 is 16.3. The van der Waals surface area contributed by atoms with Gasteiger partial charge in [-0.1, -0.05) is 11.6 Å². The molecule has 4 nitrogen and oxygen atoms in total. The zero-order valence-electron chi connectivity index (χ0n) is 12.7. The SMILES string of the molecule is CC(C)(C)[S@+]([O-])N[C@H]1c2sc(Cl)nc2CC12CCNCC2. The Morgan fingerprint density at radius 1 is 1.43 bits per heavy atom. The lowest BCUT2D eigenvalue weighted by molar-refractivity contribution is 0.164. The van der Waals surface area contributed by atoms with E-state index in [0.717, 1.165) is 38.0 Å². The van der Waals surface area contributed by atoms with Crippen LogP contribution in [0.1, 0.15) is 50.2 Å². The molecule has 1 aromatic rings. The Morgan fingerprint density at radius 2 is 2.10 bits per heavy atom. The number of nitrogens with zero attached hydrogens (tertiary/aromatic N) is 1. The van der Waals surface area contributed by atoms with Crippen LogP contribution < -0.4 is 10.0 Å². The number of rotatable bonds is 2. The first-order valence-electron chi connectivity index (χ1n) is 7.36. The van der Waals surface area contributed by atoms with Crippen LogP contribution in [0.15, 0.2) is 0 Å². The molecule has 2 N–H and O–H groups in total. The van der Waals surface area contributed by atoms with Gasteiger partial charge in [-0.2, -0.15) is 0 Å². The van der Waals surface area contributed by atoms with Gasteiger partial charge >= 0.3 is 0 Å². The quantitative estimate of drug-likeness (QED) is 0.808. The summed E-state index contributed by atoms with van der Waals surface area (Å²) in [6.45, 7) is 8.04. The third-order valence-corrected chi connectivity index (χ3v) is 7.31. The predicted molar refractivity (Wildman–Crippen MR) is 89.1 cm³/mol. The Hall–Kier alpha value is 0.150. The molecule has 0 radical (unpaired) electrons. The monoisotopic (exact) mass is 347 g/mol. The van der Waals surface area contributed by atoms with Gasteiger partial charge in [0.15, 0.2) is 4.47 Å². The lowest BCUT2D eigenvalue weighted by atomic mass is 9.74. The molecule has 2 aliphatic rings. The van der Waals surface area contributed by atoms with Gasteiger partial charge in [0.25, 0.3) is 0 Å². The van der Waals surface area contributed by atoms with Gasteiger partial charge in [-0.25, -0.2) is 4.98 Å². The van der Waals surface area contributed by atoms with Crippen LogP contribution in [0.5, 0.6) is 0 Å². The highest BCUT2D eigenvalue weighted by Gasteiger charge is 2.51. The van der Waals surface area contributed by atoms with E-state index in [-0.39, 0.29) is 16.2 Å². The van der Waals surface area contributed by atoms with E-state index in [9.17, 15) is 4.55 Å². The zero-order valence-corrected chi connectivity index (χ0v) is 15.1. The Labute approximate surface area is 138 Å². The number of aromatic nitrogens is 1. The topological polar surface area (TPSA) is 60.0 Å². The average Bonchev–Trinajstić information content (AvgIpc) is 2.86. The van der Waals surface area contributed by atoms with Crippen molar-refractivity contribution >= 4 is 34.3 Å². The number of fused-ring (bicyclic) bond motifs is 1. The van der Waals surface area contributed by atoms with Gasteiger partial charge in [-0.3, -0.25) is 0 Å². The van der Waals surface area contributed by atoms with Crippen LogP contribution in [0.3, 0.4) is 0 Å². The average molecular weight is 348 g/mol. The Kier molecular flexibility index (Phi) is 4.31. The second kappa shape index (κ2) is 5.65. The summed E-state index contributed by atoms with van der Waals surface area (Å²) in [5.41, 5.74) is 1.25. The fourth-order valence-corrected chi connectivity index (χ4v) is 5.61. The molecule has 7 heteroatoms. The van der Waals surface area contributed by atoms with Crippen LogP contribution in [-0.4, -0.2) is 27.4 Å². The third-order valence-electron chi connectivity index (χ3n) is 4.48. The van der Waals surface area contributed by atoms with Crippen LogP contribution in [-0.2, 0) is 17.8 Å². The summed E-state index contributed by atoms with van der Waals surface area (Å²) in [6.07, 6.45) is 3.13. The van der Waals surface area contributed by atoms with Crippen molar-refractivity contribution < 1.29 is 4.55 Å². The van der Waals surface area contributed by atoms with Crippen LogP contribution >= 0.6 is 22.9 Å². The van der Waals surface area contributed by atoms with Crippen molar-refractivity contribution in [3.63, 3.8) is 0 Å². The highest BCUT2D eigenvalue weighted by atomic mass is 35.5. The highest BCUT2D eigenvalue weighted by molar-refractivity contribution is 7.90. The number of piperidine rings is 1. The second-order valence-corrected chi connectivity index (χ2v) is 10.6. The fourth-order valence-electron chi connectivity index (χ4n) is 3.25. The molecule has 3 rings (SSSR count). The van der Waals surface area contributed by atoms with Gasteiger partial charge < -0.3 is 9.87 Å². The molecule has 0 amide bonds. The van der Waals surface area contributed by atoms with E-state index in [1.807, 2.05) is 20.8 Å². The summed E-state index contributed by atoms with van der Waals surface area (Å²) in [5.74, 6) is 0. The lowest BCUT2D eigenvalue weighted by Gasteiger charge is -2.40. The van der Waals surface area contributed by atoms with Crippen LogP contribution in [0.2, 0.25) is 4.47 Å². The molecule has 21 heavy (non-hydrogen) atoms. The van der Waals surface area contributed by atoms with E-state index in [4.69, 9.17) is 11.6 Å². The summed E-state index contributed by atoms with van der Waals surface area (Å²) in [5, 5.41) is 3.42. The summed E-state index contributed by atoms with van der Waals surface area (Å²) >= 11 is 6.54. The normalized spacial score (nSPS) is 26.0. The number of hydrogen-bond donors (Lipinski definition) is 2. The summed E-state index contributed by atoms with van der Waals surface area (Å²) in [7, 11) is 0. The molecular weight excluding hydrogens is 326 g/mol. The van der Waals surface area contributed by atoms with Crippen molar-refractivity contribution in [2.75, 3.05) is 13.1 Å². The maximum atomic E-state index is 12.6. The molecule has 1 fully saturated rings. The molecule has 0 saturated carbocycles. The van der Waals surface area contributed by atoms with E-state index < -0.39 is 11.4 Å². The van der Waals surface area contributed by atoms with Gasteiger partial charge in [0.05, 0.1) is 16.6 Å². The minimum atomic E-state index is -1.09. The Balaban J connectivity index is 1.90. The van der Waals surface area contributed by atoms with Crippen molar-refractivity contribution in [3.05, 3.63) is 15.0 Å². The lowest BCUT2D eigenvalue weighted by Crippen LogP contribution is -2.48. The predicted octanol–water partition coefficient (Wildman–Crippen LogP) is 2.82. The van der Waals surface area contributed by atoms with Gasteiger partial charge in [-0.05, 0) is 53.1 Å². The van der Waals surface area contributed by atoms with Crippen LogP contribution in [0.25, 0.3) is 0 Å². The standard InChI is InChI=1S/C14H22ClN3OS2/c1-13(2,3)21(19)18-11-10-9(17-12(15)20-10)8-14(11)4-6-16-7-5-14/h11,16,18H,4-8H2,1-3H3/t11-,21-/m0/s1. The van der Waals surface area contributed by atoms with E-state index in [1.165, 1.54) is 4.88 Å². The first-order chi connectivity index (χ1) is 9.82. The van der Waals surface area contributed by atoms with Crippen LogP contribution in [0.4, 0.5) is 0 Å². The molecule has 1 spiro atoms. The van der Waals surface area contributed by atoms with Crippen molar-refractivity contribution in [2.45, 2.75) is 50.8 Å². The van der Waals surface area contributed by atoms with Crippen molar-refractivity contribution in [3.8, 4) is 0 Å². The smallest absolute Gasteiger partial charge is 0.184 e. The minimum Gasteiger partial charge on any atom is -0.598 e. The molecule has 1 aromatic heterocycles. The highest BCUT2D eigenvalue weighted by Crippen LogP contribution is 2.53. The van der Waals surface area contributed by atoms with Gasteiger partial charge in [0.1, 0.15) is 4.75 Å².